The summed E-state index contributed by atoms with van der Waals surface area (Å²) in [5, 5.41) is 0. The Kier molecular flexibility index (Phi) is 4.33. The van der Waals surface area contributed by atoms with E-state index in [4.69, 9.17) is 4.74 Å². The smallest absolute Gasteiger partial charge is 0.194 e. The van der Waals surface area contributed by atoms with Gasteiger partial charge in [-0.25, -0.2) is 0 Å². The third-order valence-electron chi connectivity index (χ3n) is 3.07. The summed E-state index contributed by atoms with van der Waals surface area (Å²) in [7, 11) is 0. The number of hydrogen-bond acceptors (Lipinski definition) is 2. The molecule has 0 atom stereocenters. The fourth-order valence-corrected chi connectivity index (χ4v) is 1.90. The van der Waals surface area contributed by atoms with Crippen LogP contribution in [-0.4, -0.2) is 18.0 Å². The number of hydrogen-bond donors (Lipinski definition) is 0. The van der Waals surface area contributed by atoms with Crippen molar-refractivity contribution in [2.45, 2.75) is 52.6 Å². The zero-order chi connectivity index (χ0) is 14.0. The number of ketones is 1. The molecule has 2 heteroatoms. The maximum atomic E-state index is 12.3. The summed E-state index contributed by atoms with van der Waals surface area (Å²) in [6, 6.07) is 7.83. The Labute approximate surface area is 110 Å². The molecule has 0 bridgehead atoms. The van der Waals surface area contributed by atoms with Gasteiger partial charge in [-0.3, -0.25) is 4.79 Å². The van der Waals surface area contributed by atoms with E-state index < -0.39 is 5.60 Å². The van der Waals surface area contributed by atoms with E-state index in [1.165, 1.54) is 5.56 Å². The van der Waals surface area contributed by atoms with E-state index in [-0.39, 0.29) is 11.2 Å². The zero-order valence-electron chi connectivity index (χ0n) is 12.3. The van der Waals surface area contributed by atoms with Gasteiger partial charge in [0.25, 0.3) is 0 Å². The van der Waals surface area contributed by atoms with Crippen molar-refractivity contribution in [1.29, 1.82) is 0 Å². The summed E-state index contributed by atoms with van der Waals surface area (Å²) in [6.45, 7) is 12.6. The molecule has 0 saturated carbocycles. The van der Waals surface area contributed by atoms with Crippen molar-refractivity contribution in [2.24, 2.45) is 0 Å². The zero-order valence-corrected chi connectivity index (χ0v) is 12.3. The van der Waals surface area contributed by atoms with Gasteiger partial charge in [0, 0.05) is 12.2 Å². The van der Waals surface area contributed by atoms with E-state index in [0.29, 0.717) is 12.2 Å². The number of Topliss-reactive ketones (excluding diaryl/α,β-unsaturated/α-hetero) is 1. The quantitative estimate of drug-likeness (QED) is 0.753. The van der Waals surface area contributed by atoms with Crippen LogP contribution in [0.5, 0.6) is 0 Å². The molecule has 0 saturated heterocycles. The predicted molar refractivity (Wildman–Crippen MR) is 75.2 cm³/mol. The highest BCUT2D eigenvalue weighted by molar-refractivity contribution is 6.02. The second-order valence-corrected chi connectivity index (χ2v) is 6.10. The molecule has 0 aliphatic rings. The average Bonchev–Trinajstić information content (AvgIpc) is 2.27. The molecule has 1 aromatic carbocycles. The average molecular weight is 248 g/mol. The molecular formula is C16H24O2. The van der Waals surface area contributed by atoms with Crippen molar-refractivity contribution in [2.75, 3.05) is 6.61 Å². The van der Waals surface area contributed by atoms with Crippen LogP contribution in [0.25, 0.3) is 0 Å². The van der Waals surface area contributed by atoms with Crippen molar-refractivity contribution in [3.05, 3.63) is 35.4 Å². The fraction of sp³-hybridized carbons (Fsp3) is 0.562. The Bertz CT molecular complexity index is 408. The topological polar surface area (TPSA) is 26.3 Å². The third kappa shape index (κ3) is 3.42. The summed E-state index contributed by atoms with van der Waals surface area (Å²) in [5.41, 5.74) is 1.30. The molecular weight excluding hydrogens is 224 g/mol. The first-order valence-corrected chi connectivity index (χ1v) is 6.48. The first kappa shape index (κ1) is 14.9. The molecule has 100 valence electrons. The fourth-order valence-electron chi connectivity index (χ4n) is 1.90. The lowest BCUT2D eigenvalue weighted by atomic mass is 9.85. The van der Waals surface area contributed by atoms with Crippen molar-refractivity contribution in [1.82, 2.24) is 0 Å². The van der Waals surface area contributed by atoms with Crippen LogP contribution in [0.15, 0.2) is 24.3 Å². The maximum absolute atomic E-state index is 12.3. The highest BCUT2D eigenvalue weighted by Crippen LogP contribution is 2.24. The van der Waals surface area contributed by atoms with Crippen molar-refractivity contribution in [3.63, 3.8) is 0 Å². The number of carbonyl (C=O) groups excluding carboxylic acids is 1. The Morgan fingerprint density at radius 2 is 1.56 bits per heavy atom. The Morgan fingerprint density at radius 1 is 1.06 bits per heavy atom. The van der Waals surface area contributed by atoms with Crippen molar-refractivity contribution >= 4 is 5.78 Å². The molecule has 0 heterocycles. The van der Waals surface area contributed by atoms with Gasteiger partial charge in [0.05, 0.1) is 0 Å². The lowest BCUT2D eigenvalue weighted by Gasteiger charge is -2.24. The van der Waals surface area contributed by atoms with E-state index >= 15 is 0 Å². The molecule has 0 aliphatic carbocycles. The molecule has 0 aliphatic heterocycles. The van der Waals surface area contributed by atoms with Crippen LogP contribution in [0.3, 0.4) is 0 Å². The second kappa shape index (κ2) is 5.23. The van der Waals surface area contributed by atoms with Gasteiger partial charge in [-0.1, -0.05) is 45.0 Å². The molecule has 0 radical (unpaired) electrons. The lowest BCUT2D eigenvalue weighted by Crippen LogP contribution is -2.35. The van der Waals surface area contributed by atoms with Gasteiger partial charge in [-0.05, 0) is 31.7 Å². The van der Waals surface area contributed by atoms with Crippen LogP contribution < -0.4 is 0 Å². The normalized spacial score (nSPS) is 12.6. The Hall–Kier alpha value is -1.15. The second-order valence-electron chi connectivity index (χ2n) is 6.10. The molecule has 0 unspecified atom stereocenters. The standard InChI is InChI=1S/C16H24O2/c1-7-18-16(5,6)14(17)12-8-10-13(11-9-12)15(2,3)4/h8-11H,7H2,1-6H3. The van der Waals surface area contributed by atoms with Gasteiger partial charge in [0.2, 0.25) is 0 Å². The van der Waals surface area contributed by atoms with Crippen LogP contribution >= 0.6 is 0 Å². The number of carbonyl (C=O) groups is 1. The molecule has 0 amide bonds. The molecule has 0 fully saturated rings. The minimum atomic E-state index is -0.752. The number of benzene rings is 1. The SMILES string of the molecule is CCOC(C)(C)C(=O)c1ccc(C(C)(C)C)cc1. The van der Waals surface area contributed by atoms with Gasteiger partial charge in [-0.2, -0.15) is 0 Å². The Balaban J connectivity index is 2.96. The van der Waals surface area contributed by atoms with Crippen molar-refractivity contribution in [3.8, 4) is 0 Å². The molecule has 0 aromatic heterocycles. The monoisotopic (exact) mass is 248 g/mol. The van der Waals surface area contributed by atoms with Gasteiger partial charge in [0.15, 0.2) is 5.78 Å². The molecule has 1 aromatic rings. The lowest BCUT2D eigenvalue weighted by molar-refractivity contribution is 0.00126. The van der Waals surface area contributed by atoms with Gasteiger partial charge in [0.1, 0.15) is 5.60 Å². The van der Waals surface area contributed by atoms with Gasteiger partial charge >= 0.3 is 0 Å². The molecule has 2 nitrogen and oxygen atoms in total. The Morgan fingerprint density at radius 3 is 1.94 bits per heavy atom. The molecule has 18 heavy (non-hydrogen) atoms. The van der Waals surface area contributed by atoms with Gasteiger partial charge in [-0.15, -0.1) is 0 Å². The number of ether oxygens (including phenoxy) is 1. The molecule has 0 N–H and O–H groups in total. The first-order valence-electron chi connectivity index (χ1n) is 6.48. The van der Waals surface area contributed by atoms with Crippen molar-refractivity contribution < 1.29 is 9.53 Å². The minimum Gasteiger partial charge on any atom is -0.368 e. The molecule has 0 spiro atoms. The van der Waals surface area contributed by atoms with E-state index in [1.807, 2.05) is 45.0 Å². The van der Waals surface area contributed by atoms with Crippen LogP contribution in [0.1, 0.15) is 57.5 Å². The van der Waals surface area contributed by atoms with E-state index in [2.05, 4.69) is 20.8 Å². The number of rotatable bonds is 4. The summed E-state index contributed by atoms with van der Waals surface area (Å²) >= 11 is 0. The summed E-state index contributed by atoms with van der Waals surface area (Å²) in [4.78, 5) is 12.3. The van der Waals surface area contributed by atoms with Crippen LogP contribution in [0.4, 0.5) is 0 Å². The van der Waals surface area contributed by atoms with Crippen LogP contribution in [0.2, 0.25) is 0 Å². The van der Waals surface area contributed by atoms with E-state index in [9.17, 15) is 4.79 Å². The maximum Gasteiger partial charge on any atom is 0.194 e. The minimum absolute atomic E-state index is 0.0322. The predicted octanol–water partition coefficient (Wildman–Crippen LogP) is 3.98. The highest BCUT2D eigenvalue weighted by Gasteiger charge is 2.29. The highest BCUT2D eigenvalue weighted by atomic mass is 16.5. The first-order chi connectivity index (χ1) is 8.18. The van der Waals surface area contributed by atoms with E-state index in [0.717, 1.165) is 0 Å². The largest absolute Gasteiger partial charge is 0.368 e. The van der Waals surface area contributed by atoms with Gasteiger partial charge < -0.3 is 4.74 Å². The third-order valence-corrected chi connectivity index (χ3v) is 3.07. The summed E-state index contributed by atoms with van der Waals surface area (Å²) in [5.74, 6) is 0.0322. The molecule has 1 rings (SSSR count). The van der Waals surface area contributed by atoms with Crippen LogP contribution in [0, 0.1) is 0 Å². The van der Waals surface area contributed by atoms with Crippen LogP contribution in [-0.2, 0) is 10.2 Å². The summed E-state index contributed by atoms with van der Waals surface area (Å²) < 4.78 is 5.49. The summed E-state index contributed by atoms with van der Waals surface area (Å²) in [6.07, 6.45) is 0. The van der Waals surface area contributed by atoms with E-state index in [1.54, 1.807) is 0 Å².